The van der Waals surface area contributed by atoms with Gasteiger partial charge in [0.2, 0.25) is 10.0 Å². The van der Waals surface area contributed by atoms with Gasteiger partial charge in [0.15, 0.2) is 0 Å². The van der Waals surface area contributed by atoms with Crippen LogP contribution in [0.1, 0.15) is 33.8 Å². The average Bonchev–Trinajstić information content (AvgIpc) is 3.50. The first-order valence-corrected chi connectivity index (χ1v) is 13.3. The molecule has 1 unspecified atom stereocenters. The Morgan fingerprint density at radius 3 is 2.55 bits per heavy atom. The van der Waals surface area contributed by atoms with Gasteiger partial charge in [0.25, 0.3) is 5.91 Å². The van der Waals surface area contributed by atoms with Crippen LogP contribution in [0.2, 0.25) is 0 Å². The highest BCUT2D eigenvalue weighted by Gasteiger charge is 2.20. The first kappa shape index (κ1) is 23.6. The van der Waals surface area contributed by atoms with Gasteiger partial charge in [0, 0.05) is 36.2 Å². The number of aromatic nitrogens is 1. The summed E-state index contributed by atoms with van der Waals surface area (Å²) in [6, 6.07) is 14.1. The normalized spacial score (nSPS) is 16.1. The summed E-state index contributed by atoms with van der Waals surface area (Å²) in [7, 11) is -3.63. The van der Waals surface area contributed by atoms with Crippen molar-refractivity contribution in [1.82, 2.24) is 15.0 Å². The van der Waals surface area contributed by atoms with Crippen molar-refractivity contribution in [3.8, 4) is 11.3 Å². The maximum absolute atomic E-state index is 12.4. The second-order valence-corrected chi connectivity index (χ2v) is 10.8. The number of benzene rings is 2. The fourth-order valence-corrected chi connectivity index (χ4v) is 5.33. The summed E-state index contributed by atoms with van der Waals surface area (Å²) in [4.78, 5) is 17.1. The molecule has 9 heteroatoms. The second-order valence-electron chi connectivity index (χ2n) is 7.97. The lowest BCUT2D eigenvalue weighted by molar-refractivity contribution is 0.0954. The molecule has 174 valence electrons. The van der Waals surface area contributed by atoms with Crippen molar-refractivity contribution in [2.24, 2.45) is 0 Å². The standard InChI is InChI=1S/C24H27N3O4S2/c1-17-27-23(16-32-17)19-6-4-18(5-7-19)12-13-25-24(28)20-8-10-22(11-9-20)33(29,30)26-15-21-3-2-14-31-21/h4-11,16,21,26H,2-3,12-15H2,1H3,(H,25,28). The van der Waals surface area contributed by atoms with Gasteiger partial charge in [-0.1, -0.05) is 24.3 Å². The highest BCUT2D eigenvalue weighted by atomic mass is 32.2. The SMILES string of the molecule is Cc1nc(-c2ccc(CCNC(=O)c3ccc(S(=O)(=O)NCC4CCCO4)cc3)cc2)cs1. The number of carbonyl (C=O) groups is 1. The molecule has 3 aromatic rings. The number of ether oxygens (including phenoxy) is 1. The van der Waals surface area contributed by atoms with E-state index in [1.807, 2.05) is 36.6 Å². The maximum Gasteiger partial charge on any atom is 0.251 e. The molecule has 1 atom stereocenters. The lowest BCUT2D eigenvalue weighted by atomic mass is 10.1. The molecule has 0 spiro atoms. The van der Waals surface area contributed by atoms with Crippen LogP contribution in [0.15, 0.2) is 58.8 Å². The van der Waals surface area contributed by atoms with Gasteiger partial charge >= 0.3 is 0 Å². The first-order chi connectivity index (χ1) is 15.9. The smallest absolute Gasteiger partial charge is 0.251 e. The van der Waals surface area contributed by atoms with Crippen LogP contribution in [0.25, 0.3) is 11.3 Å². The van der Waals surface area contributed by atoms with Crippen molar-refractivity contribution >= 4 is 27.3 Å². The molecule has 1 aliphatic heterocycles. The fourth-order valence-electron chi connectivity index (χ4n) is 3.64. The molecule has 33 heavy (non-hydrogen) atoms. The van der Waals surface area contributed by atoms with Crippen molar-refractivity contribution in [3.63, 3.8) is 0 Å². The molecular weight excluding hydrogens is 458 g/mol. The van der Waals surface area contributed by atoms with Crippen molar-refractivity contribution in [1.29, 1.82) is 0 Å². The molecular formula is C24H27N3O4S2. The van der Waals surface area contributed by atoms with Crippen LogP contribution in [0.4, 0.5) is 0 Å². The summed E-state index contributed by atoms with van der Waals surface area (Å²) in [6.45, 7) is 3.40. The van der Waals surface area contributed by atoms with Crippen LogP contribution in [0.5, 0.6) is 0 Å². The van der Waals surface area contributed by atoms with E-state index in [9.17, 15) is 13.2 Å². The summed E-state index contributed by atoms with van der Waals surface area (Å²) in [6.07, 6.45) is 2.44. The van der Waals surface area contributed by atoms with E-state index in [0.717, 1.165) is 34.7 Å². The summed E-state index contributed by atoms with van der Waals surface area (Å²) in [5.74, 6) is -0.235. The van der Waals surface area contributed by atoms with Gasteiger partial charge in [-0.2, -0.15) is 0 Å². The molecule has 0 saturated carbocycles. The minimum absolute atomic E-state index is 0.0717. The third-order valence-corrected chi connectivity index (χ3v) is 7.73. The zero-order valence-electron chi connectivity index (χ0n) is 18.4. The molecule has 1 aromatic heterocycles. The van der Waals surface area contributed by atoms with Crippen molar-refractivity contribution in [3.05, 3.63) is 70.0 Å². The Labute approximate surface area is 198 Å². The number of thiazole rings is 1. The number of nitrogens with one attached hydrogen (secondary N) is 2. The third kappa shape index (κ3) is 6.26. The fraction of sp³-hybridized carbons (Fsp3) is 0.333. The minimum atomic E-state index is -3.63. The van der Waals surface area contributed by atoms with Crippen LogP contribution in [-0.2, 0) is 21.2 Å². The van der Waals surface area contributed by atoms with E-state index in [1.54, 1.807) is 11.3 Å². The Kier molecular flexibility index (Phi) is 7.54. The Morgan fingerprint density at radius 2 is 1.91 bits per heavy atom. The highest BCUT2D eigenvalue weighted by molar-refractivity contribution is 7.89. The molecule has 1 fully saturated rings. The predicted octanol–water partition coefficient (Wildman–Crippen LogP) is 3.55. The molecule has 1 saturated heterocycles. The monoisotopic (exact) mass is 485 g/mol. The maximum atomic E-state index is 12.4. The molecule has 2 aromatic carbocycles. The minimum Gasteiger partial charge on any atom is -0.377 e. The summed E-state index contributed by atoms with van der Waals surface area (Å²) < 4.78 is 32.9. The van der Waals surface area contributed by atoms with E-state index in [0.29, 0.717) is 25.1 Å². The van der Waals surface area contributed by atoms with E-state index < -0.39 is 10.0 Å². The summed E-state index contributed by atoms with van der Waals surface area (Å²) in [5, 5.41) is 5.97. The average molecular weight is 486 g/mol. The molecule has 4 rings (SSSR count). The molecule has 2 N–H and O–H groups in total. The number of hydrogen-bond acceptors (Lipinski definition) is 6. The summed E-state index contributed by atoms with van der Waals surface area (Å²) >= 11 is 1.63. The van der Waals surface area contributed by atoms with E-state index >= 15 is 0 Å². The summed E-state index contributed by atoms with van der Waals surface area (Å²) in [5.41, 5.74) is 3.59. The molecule has 0 radical (unpaired) electrons. The lowest BCUT2D eigenvalue weighted by Crippen LogP contribution is -2.32. The predicted molar refractivity (Wildman–Crippen MR) is 129 cm³/mol. The Balaban J connectivity index is 1.26. The van der Waals surface area contributed by atoms with Crippen LogP contribution in [0.3, 0.4) is 0 Å². The highest BCUT2D eigenvalue weighted by Crippen LogP contribution is 2.22. The Bertz CT molecular complexity index is 1180. The van der Waals surface area contributed by atoms with Crippen molar-refractivity contribution in [2.45, 2.75) is 37.2 Å². The van der Waals surface area contributed by atoms with Crippen LogP contribution >= 0.6 is 11.3 Å². The molecule has 7 nitrogen and oxygen atoms in total. The number of rotatable bonds is 9. The van der Waals surface area contributed by atoms with Crippen LogP contribution < -0.4 is 10.0 Å². The van der Waals surface area contributed by atoms with Gasteiger partial charge < -0.3 is 10.1 Å². The number of amides is 1. The largest absolute Gasteiger partial charge is 0.377 e. The number of carbonyl (C=O) groups excluding carboxylic acids is 1. The van der Waals surface area contributed by atoms with E-state index in [1.165, 1.54) is 24.3 Å². The van der Waals surface area contributed by atoms with E-state index in [-0.39, 0.29) is 23.5 Å². The van der Waals surface area contributed by atoms with Gasteiger partial charge in [-0.15, -0.1) is 11.3 Å². The van der Waals surface area contributed by atoms with Crippen LogP contribution in [0, 0.1) is 6.92 Å². The zero-order valence-corrected chi connectivity index (χ0v) is 20.0. The number of sulfonamides is 1. The third-order valence-electron chi connectivity index (χ3n) is 5.52. The molecule has 0 aliphatic carbocycles. The van der Waals surface area contributed by atoms with E-state index in [4.69, 9.17) is 4.74 Å². The van der Waals surface area contributed by atoms with Gasteiger partial charge in [-0.05, 0) is 56.0 Å². The Morgan fingerprint density at radius 1 is 1.15 bits per heavy atom. The molecule has 1 aliphatic rings. The number of hydrogen-bond donors (Lipinski definition) is 2. The van der Waals surface area contributed by atoms with Gasteiger partial charge in [0.05, 0.1) is 21.7 Å². The van der Waals surface area contributed by atoms with Gasteiger partial charge in [-0.3, -0.25) is 4.79 Å². The van der Waals surface area contributed by atoms with Gasteiger partial charge in [0.1, 0.15) is 0 Å². The molecule has 2 heterocycles. The van der Waals surface area contributed by atoms with E-state index in [2.05, 4.69) is 15.0 Å². The quantitative estimate of drug-likeness (QED) is 0.483. The molecule has 0 bridgehead atoms. The molecule has 1 amide bonds. The zero-order chi connectivity index (χ0) is 23.3. The lowest BCUT2D eigenvalue weighted by Gasteiger charge is -2.12. The van der Waals surface area contributed by atoms with Crippen LogP contribution in [-0.4, -0.2) is 45.1 Å². The van der Waals surface area contributed by atoms with Gasteiger partial charge in [-0.25, -0.2) is 18.1 Å². The second kappa shape index (κ2) is 10.6. The first-order valence-electron chi connectivity index (χ1n) is 10.9. The topological polar surface area (TPSA) is 97.4 Å². The Hall–Kier alpha value is -2.59. The number of aryl methyl sites for hydroxylation is 1. The van der Waals surface area contributed by atoms with Crippen molar-refractivity contribution < 1.29 is 17.9 Å². The number of nitrogens with zero attached hydrogens (tertiary/aromatic N) is 1. The van der Waals surface area contributed by atoms with Crippen molar-refractivity contribution in [2.75, 3.05) is 19.7 Å².